The number of benzene rings is 2. The third-order valence-electron chi connectivity index (χ3n) is 4.82. The van der Waals surface area contributed by atoms with E-state index in [1.807, 2.05) is 0 Å². The third kappa shape index (κ3) is 8.13. The van der Waals surface area contributed by atoms with Gasteiger partial charge in [0.1, 0.15) is 0 Å². The van der Waals surface area contributed by atoms with Crippen molar-refractivity contribution in [1.29, 1.82) is 0 Å². The Labute approximate surface area is 216 Å². The number of hydrogen-bond donors (Lipinski definition) is 4. The Bertz CT molecular complexity index is 1270. The summed E-state index contributed by atoms with van der Waals surface area (Å²) in [4.78, 5) is 32.9. The summed E-state index contributed by atoms with van der Waals surface area (Å²) in [7, 11) is 0. The number of ether oxygens (including phenoxy) is 2. The lowest BCUT2D eigenvalue weighted by atomic mass is 10.2. The van der Waals surface area contributed by atoms with Gasteiger partial charge in [-0.25, -0.2) is 9.18 Å². The van der Waals surface area contributed by atoms with Gasteiger partial charge in [0, 0.05) is 16.8 Å². The Morgan fingerprint density at radius 1 is 1.14 bits per heavy atom. The van der Waals surface area contributed by atoms with Crippen LogP contribution in [0.3, 0.4) is 0 Å². The fourth-order valence-corrected chi connectivity index (χ4v) is 3.22. The monoisotopic (exact) mass is 535 g/mol. The van der Waals surface area contributed by atoms with Gasteiger partial charge in [-0.3, -0.25) is 9.36 Å². The summed E-state index contributed by atoms with van der Waals surface area (Å²) in [6, 6.07) is 9.71. The van der Waals surface area contributed by atoms with E-state index in [9.17, 15) is 14.0 Å². The van der Waals surface area contributed by atoms with Crippen molar-refractivity contribution in [3.05, 3.63) is 69.4 Å². The third-order valence-corrected chi connectivity index (χ3v) is 5.07. The summed E-state index contributed by atoms with van der Waals surface area (Å²) in [5.41, 5.74) is 0.248. The van der Waals surface area contributed by atoms with Crippen molar-refractivity contribution in [2.75, 3.05) is 25.1 Å². The Kier molecular flexibility index (Phi) is 9.78. The Morgan fingerprint density at radius 3 is 2.46 bits per heavy atom. The number of amides is 1. The van der Waals surface area contributed by atoms with Crippen LogP contribution >= 0.6 is 11.6 Å². The van der Waals surface area contributed by atoms with Crippen molar-refractivity contribution in [2.24, 2.45) is 0 Å². The maximum absolute atomic E-state index is 14.5. The molecule has 0 aliphatic rings. The molecule has 198 valence electrons. The molecule has 0 unspecified atom stereocenters. The molecule has 2 aromatic carbocycles. The van der Waals surface area contributed by atoms with Gasteiger partial charge in [-0.2, -0.15) is 4.98 Å². The number of nitrogens with one attached hydrogen (secondary N) is 2. The zero-order valence-corrected chi connectivity index (χ0v) is 20.9. The first kappa shape index (κ1) is 27.8. The number of aliphatic hydroxyl groups excluding tert-OH is 2. The molecular formula is C24H27ClFN5O6. The Morgan fingerprint density at radius 2 is 1.84 bits per heavy atom. The Balaban J connectivity index is 1.89. The second-order valence-electron chi connectivity index (χ2n) is 8.18. The van der Waals surface area contributed by atoms with E-state index in [2.05, 4.69) is 20.6 Å². The smallest absolute Gasteiger partial charge is 0.355 e. The maximum Gasteiger partial charge on any atom is 0.355 e. The van der Waals surface area contributed by atoms with E-state index in [1.54, 1.807) is 44.2 Å². The first-order valence-electron chi connectivity index (χ1n) is 11.3. The number of aromatic nitrogens is 3. The highest BCUT2D eigenvalue weighted by Crippen LogP contribution is 2.24. The SMILES string of the molecule is CC(C)Oc1ccc(Nc2nc(OCC(=O)NC(CO)CO)nc(=O)n2Cc2ccc(Cl)cc2)cc1F. The molecular weight excluding hydrogens is 509 g/mol. The van der Waals surface area contributed by atoms with Gasteiger partial charge in [-0.05, 0) is 43.7 Å². The molecule has 3 rings (SSSR count). The van der Waals surface area contributed by atoms with Gasteiger partial charge in [0.15, 0.2) is 18.2 Å². The number of hydrogen-bond acceptors (Lipinski definition) is 9. The van der Waals surface area contributed by atoms with Crippen molar-refractivity contribution in [3.8, 4) is 11.8 Å². The standard InChI is InChI=1S/C24H27ClFN5O6/c1-14(2)37-20-8-7-17(9-19(20)26)28-22-29-23(36-13-21(34)27-18(11-32)12-33)30-24(35)31(22)10-15-3-5-16(25)6-4-15/h3-9,14,18,32-33H,10-13H2,1-2H3,(H,27,34)(H,28,29,30,35). The number of nitrogens with zero attached hydrogens (tertiary/aromatic N) is 3. The van der Waals surface area contributed by atoms with Crippen LogP contribution in [0.15, 0.2) is 47.3 Å². The number of carbonyl (C=O) groups is 1. The zero-order valence-electron chi connectivity index (χ0n) is 20.1. The highest BCUT2D eigenvalue weighted by atomic mass is 35.5. The zero-order chi connectivity index (χ0) is 26.9. The molecule has 13 heteroatoms. The van der Waals surface area contributed by atoms with Gasteiger partial charge in [-0.1, -0.05) is 23.7 Å². The molecule has 0 fully saturated rings. The quantitative estimate of drug-likeness (QED) is 0.273. The molecule has 1 aromatic heterocycles. The second-order valence-corrected chi connectivity index (χ2v) is 8.62. The number of aliphatic hydroxyl groups is 2. The molecule has 0 aliphatic heterocycles. The molecule has 0 spiro atoms. The predicted octanol–water partition coefficient (Wildman–Crippen LogP) is 1.86. The summed E-state index contributed by atoms with van der Waals surface area (Å²) in [6.07, 6.45) is -0.221. The Hall–Kier alpha value is -3.74. The molecule has 11 nitrogen and oxygen atoms in total. The minimum absolute atomic E-state index is 0.0223. The summed E-state index contributed by atoms with van der Waals surface area (Å²) in [5, 5.41) is 23.9. The molecule has 0 bridgehead atoms. The average Bonchev–Trinajstić information content (AvgIpc) is 2.86. The van der Waals surface area contributed by atoms with E-state index in [0.717, 1.165) is 5.56 Å². The average molecular weight is 536 g/mol. The van der Waals surface area contributed by atoms with Crippen molar-refractivity contribution >= 4 is 29.1 Å². The van der Waals surface area contributed by atoms with Crippen LogP contribution in [0.1, 0.15) is 19.4 Å². The molecule has 3 aromatic rings. The normalized spacial score (nSPS) is 11.0. The summed E-state index contributed by atoms with van der Waals surface area (Å²) < 4.78 is 26.4. The first-order chi connectivity index (χ1) is 17.7. The topological polar surface area (TPSA) is 148 Å². The van der Waals surface area contributed by atoms with Crippen LogP contribution < -0.4 is 25.8 Å². The molecule has 1 heterocycles. The van der Waals surface area contributed by atoms with Crippen LogP contribution in [0, 0.1) is 5.82 Å². The van der Waals surface area contributed by atoms with Crippen LogP contribution in [0.5, 0.6) is 11.8 Å². The van der Waals surface area contributed by atoms with Gasteiger partial charge in [0.2, 0.25) is 5.95 Å². The van der Waals surface area contributed by atoms with Crippen LogP contribution in [0.25, 0.3) is 0 Å². The molecule has 37 heavy (non-hydrogen) atoms. The van der Waals surface area contributed by atoms with Gasteiger partial charge in [-0.15, -0.1) is 4.98 Å². The van der Waals surface area contributed by atoms with E-state index in [0.29, 0.717) is 5.02 Å². The minimum Gasteiger partial charge on any atom is -0.488 e. The van der Waals surface area contributed by atoms with E-state index in [4.69, 9.17) is 31.3 Å². The van der Waals surface area contributed by atoms with E-state index >= 15 is 0 Å². The lowest BCUT2D eigenvalue weighted by Crippen LogP contribution is -2.42. The van der Waals surface area contributed by atoms with E-state index in [-0.39, 0.29) is 30.0 Å². The molecule has 1 amide bonds. The number of carbonyl (C=O) groups excluding carboxylic acids is 1. The van der Waals surface area contributed by atoms with E-state index < -0.39 is 49.3 Å². The lowest BCUT2D eigenvalue weighted by molar-refractivity contribution is -0.124. The summed E-state index contributed by atoms with van der Waals surface area (Å²) in [6.45, 7) is 2.10. The van der Waals surface area contributed by atoms with Gasteiger partial charge in [0.05, 0.1) is 31.9 Å². The first-order valence-corrected chi connectivity index (χ1v) is 11.7. The molecule has 0 saturated heterocycles. The largest absolute Gasteiger partial charge is 0.488 e. The van der Waals surface area contributed by atoms with Crippen LogP contribution in [0.4, 0.5) is 16.0 Å². The second kappa shape index (κ2) is 13.0. The number of rotatable bonds is 12. The van der Waals surface area contributed by atoms with E-state index in [1.165, 1.54) is 16.7 Å². The minimum atomic E-state index is -0.862. The van der Waals surface area contributed by atoms with Crippen molar-refractivity contribution < 1.29 is 28.9 Å². The highest BCUT2D eigenvalue weighted by molar-refractivity contribution is 6.30. The van der Waals surface area contributed by atoms with Gasteiger partial charge >= 0.3 is 11.7 Å². The van der Waals surface area contributed by atoms with Crippen LogP contribution in [0.2, 0.25) is 5.02 Å². The molecule has 0 saturated carbocycles. The van der Waals surface area contributed by atoms with Crippen molar-refractivity contribution in [3.63, 3.8) is 0 Å². The molecule has 0 radical (unpaired) electrons. The number of halogens is 2. The molecule has 4 N–H and O–H groups in total. The summed E-state index contributed by atoms with van der Waals surface area (Å²) in [5.74, 6) is -1.24. The molecule has 0 atom stereocenters. The van der Waals surface area contributed by atoms with Gasteiger partial charge in [0.25, 0.3) is 5.91 Å². The fraction of sp³-hybridized carbons (Fsp3) is 0.333. The van der Waals surface area contributed by atoms with Crippen molar-refractivity contribution in [1.82, 2.24) is 19.9 Å². The fourth-order valence-electron chi connectivity index (χ4n) is 3.09. The molecule has 0 aliphatic carbocycles. The van der Waals surface area contributed by atoms with Gasteiger partial charge < -0.3 is 30.3 Å². The number of anilines is 2. The summed E-state index contributed by atoms with van der Waals surface area (Å²) >= 11 is 5.95. The van der Waals surface area contributed by atoms with Crippen LogP contribution in [-0.2, 0) is 11.3 Å². The predicted molar refractivity (Wildman–Crippen MR) is 134 cm³/mol. The maximum atomic E-state index is 14.5. The highest BCUT2D eigenvalue weighted by Gasteiger charge is 2.16. The van der Waals surface area contributed by atoms with Crippen LogP contribution in [-0.4, -0.2) is 62.6 Å². The van der Waals surface area contributed by atoms with Crippen molar-refractivity contribution in [2.45, 2.75) is 32.5 Å². The lowest BCUT2D eigenvalue weighted by Gasteiger charge is -2.16.